The van der Waals surface area contributed by atoms with E-state index in [0.29, 0.717) is 48.5 Å². The molecule has 1 amide bonds. The zero-order chi connectivity index (χ0) is 26.3. The molecule has 1 aliphatic rings. The molecule has 5 rings (SSSR count). The first-order chi connectivity index (χ1) is 17.7. The highest BCUT2D eigenvalue weighted by molar-refractivity contribution is 5.92. The van der Waals surface area contributed by atoms with Gasteiger partial charge in [-0.3, -0.25) is 14.5 Å². The number of aryl methyl sites for hydroxylation is 1. The van der Waals surface area contributed by atoms with Crippen molar-refractivity contribution >= 4 is 28.1 Å². The van der Waals surface area contributed by atoms with Gasteiger partial charge in [-0.15, -0.1) is 0 Å². The number of anilines is 1. The van der Waals surface area contributed by atoms with Crippen molar-refractivity contribution in [2.24, 2.45) is 0 Å². The molecule has 0 atom stereocenters. The highest BCUT2D eigenvalue weighted by Gasteiger charge is 2.23. The molecule has 1 aromatic carbocycles. The summed E-state index contributed by atoms with van der Waals surface area (Å²) >= 11 is 0. The predicted octanol–water partition coefficient (Wildman–Crippen LogP) is 2.47. The van der Waals surface area contributed by atoms with Gasteiger partial charge in [-0.1, -0.05) is 6.07 Å². The first kappa shape index (κ1) is 24.7. The quantitative estimate of drug-likeness (QED) is 0.301. The van der Waals surface area contributed by atoms with Gasteiger partial charge in [0.15, 0.2) is 5.82 Å². The zero-order valence-electron chi connectivity index (χ0n) is 19.8. The molecule has 1 fully saturated rings. The van der Waals surface area contributed by atoms with E-state index in [4.69, 9.17) is 0 Å². The second-order valence-electron chi connectivity index (χ2n) is 8.84. The molecule has 0 aliphatic carbocycles. The van der Waals surface area contributed by atoms with Crippen molar-refractivity contribution in [1.82, 2.24) is 29.8 Å². The van der Waals surface area contributed by atoms with Crippen molar-refractivity contribution in [1.29, 1.82) is 0 Å². The maximum Gasteiger partial charge on any atom is 0.274 e. The van der Waals surface area contributed by atoms with Crippen LogP contribution < -0.4 is 15.8 Å². The number of halogens is 4. The molecule has 3 aromatic heterocycles. The Morgan fingerprint density at radius 3 is 2.57 bits per heavy atom. The molecule has 194 valence electrons. The van der Waals surface area contributed by atoms with Gasteiger partial charge < -0.3 is 15.2 Å². The topological polar surface area (TPSA) is 98.6 Å². The van der Waals surface area contributed by atoms with Gasteiger partial charge in [0.05, 0.1) is 23.4 Å². The van der Waals surface area contributed by atoms with E-state index in [9.17, 15) is 22.8 Å². The predicted molar refractivity (Wildman–Crippen MR) is 128 cm³/mol. The van der Waals surface area contributed by atoms with Crippen molar-refractivity contribution in [3.8, 4) is 0 Å². The second kappa shape index (κ2) is 9.81. The molecule has 1 saturated heterocycles. The van der Waals surface area contributed by atoms with Gasteiger partial charge in [-0.25, -0.2) is 22.7 Å². The average molecular weight is 517 g/mol. The summed E-state index contributed by atoms with van der Waals surface area (Å²) in [5.74, 6) is -2.27. The van der Waals surface area contributed by atoms with Crippen LogP contribution >= 0.6 is 0 Å². The van der Waals surface area contributed by atoms with Crippen LogP contribution in [0.3, 0.4) is 0 Å². The van der Waals surface area contributed by atoms with Gasteiger partial charge in [0, 0.05) is 38.3 Å². The Bertz CT molecular complexity index is 1540. The third-order valence-electron chi connectivity index (χ3n) is 6.32. The maximum absolute atomic E-state index is 15.4. The zero-order valence-corrected chi connectivity index (χ0v) is 19.8. The van der Waals surface area contributed by atoms with Crippen LogP contribution in [0.2, 0.25) is 0 Å². The molecule has 4 aromatic rings. The molecule has 13 heteroatoms. The lowest BCUT2D eigenvalue weighted by Gasteiger charge is -2.36. The van der Waals surface area contributed by atoms with Gasteiger partial charge >= 0.3 is 0 Å². The number of H-pyrrole nitrogens is 1. The van der Waals surface area contributed by atoms with E-state index in [2.05, 4.69) is 15.1 Å². The Labute approximate surface area is 207 Å². The molecule has 0 bridgehead atoms. The minimum absolute atomic E-state index is 0.0857. The monoisotopic (exact) mass is 517 g/mol. The van der Waals surface area contributed by atoms with Crippen LogP contribution in [0.25, 0.3) is 16.6 Å². The first-order valence-electron chi connectivity index (χ1n) is 11.6. The number of nitrogens with one attached hydrogen (secondary N) is 2. The number of hydrogen-bond acceptors (Lipinski definition) is 6. The van der Waals surface area contributed by atoms with E-state index < -0.39 is 36.2 Å². The van der Waals surface area contributed by atoms with E-state index in [1.807, 2.05) is 10.2 Å². The van der Waals surface area contributed by atoms with Crippen LogP contribution in [0, 0.1) is 18.7 Å². The number of rotatable bonds is 6. The van der Waals surface area contributed by atoms with Crippen LogP contribution in [0.1, 0.15) is 21.7 Å². The van der Waals surface area contributed by atoms with Crippen molar-refractivity contribution in [3.05, 3.63) is 69.4 Å². The average Bonchev–Trinajstić information content (AvgIpc) is 3.27. The summed E-state index contributed by atoms with van der Waals surface area (Å²) < 4.78 is 55.9. The number of piperazine rings is 1. The second-order valence-corrected chi connectivity index (χ2v) is 8.84. The Morgan fingerprint density at radius 1 is 1.11 bits per heavy atom. The number of benzene rings is 1. The summed E-state index contributed by atoms with van der Waals surface area (Å²) in [6, 6.07) is 7.71. The van der Waals surface area contributed by atoms with Gasteiger partial charge in [-0.05, 0) is 31.2 Å². The highest BCUT2D eigenvalue weighted by Crippen LogP contribution is 2.23. The molecule has 0 spiro atoms. The van der Waals surface area contributed by atoms with Gasteiger partial charge in [-0.2, -0.15) is 9.49 Å². The minimum atomic E-state index is -2.72. The number of carbonyl (C=O) groups excluding carboxylic acids is 1. The van der Waals surface area contributed by atoms with Crippen LogP contribution in [0.5, 0.6) is 0 Å². The summed E-state index contributed by atoms with van der Waals surface area (Å²) in [5, 5.41) is 6.28. The molecule has 9 nitrogen and oxygen atoms in total. The number of fused-ring (bicyclic) bond motifs is 3. The largest absolute Gasteiger partial charge is 0.365 e. The van der Waals surface area contributed by atoms with Crippen LogP contribution in [-0.2, 0) is 6.54 Å². The molecule has 2 N–H and O–H groups in total. The Kier molecular flexibility index (Phi) is 6.54. The van der Waals surface area contributed by atoms with E-state index in [-0.39, 0.29) is 23.4 Å². The first-order valence-corrected chi connectivity index (χ1v) is 11.6. The number of aromatic nitrogens is 4. The van der Waals surface area contributed by atoms with Crippen molar-refractivity contribution in [2.75, 3.05) is 37.6 Å². The Morgan fingerprint density at radius 2 is 1.86 bits per heavy atom. The molecule has 0 radical (unpaired) electrons. The number of pyridine rings is 1. The number of aromatic amines is 1. The Hall–Kier alpha value is -4.00. The summed E-state index contributed by atoms with van der Waals surface area (Å²) in [4.78, 5) is 34.2. The summed E-state index contributed by atoms with van der Waals surface area (Å²) in [5.41, 5.74) is 1.43. The molecular weight excluding hydrogens is 494 g/mol. The summed E-state index contributed by atoms with van der Waals surface area (Å²) in [6.07, 6.45) is -2.72. The normalized spacial score (nSPS) is 14.7. The third-order valence-corrected chi connectivity index (χ3v) is 6.32. The molecule has 1 aliphatic heterocycles. The van der Waals surface area contributed by atoms with Crippen LogP contribution in [0.15, 0.2) is 35.1 Å². The lowest BCUT2D eigenvalue weighted by atomic mass is 10.1. The fraction of sp³-hybridized carbons (Fsp3) is 0.333. The lowest BCUT2D eigenvalue weighted by molar-refractivity contribution is 0.0886. The maximum atomic E-state index is 15.4. The minimum Gasteiger partial charge on any atom is -0.365 e. The number of alkyl halides is 2. The number of hydrogen-bond donors (Lipinski definition) is 2. The SMILES string of the molecule is Cc1cc2c(=O)[nH]c3c(F)c(CN4CCN(c5ccc(C(=O)NCC(F)F)nc5F)CC4)ccc3n2n1. The third kappa shape index (κ3) is 4.86. The standard InChI is InChI=1S/C24H23F4N7O2/c1-13-10-18-24(37)31-21-16(35(18)32-13)4-2-14(20(21)27)12-33-6-8-34(9-7-33)17-5-3-15(30-22(17)28)23(36)29-11-19(25)26/h2-5,10,19H,6-9,11-12H2,1H3,(H,29,36)(H,31,37). The molecule has 37 heavy (non-hydrogen) atoms. The highest BCUT2D eigenvalue weighted by atomic mass is 19.3. The van der Waals surface area contributed by atoms with Gasteiger partial charge in [0.2, 0.25) is 5.95 Å². The summed E-state index contributed by atoms with van der Waals surface area (Å²) in [7, 11) is 0. The van der Waals surface area contributed by atoms with E-state index in [1.54, 1.807) is 30.0 Å². The molecule has 4 heterocycles. The van der Waals surface area contributed by atoms with Crippen molar-refractivity contribution in [3.63, 3.8) is 0 Å². The van der Waals surface area contributed by atoms with E-state index >= 15 is 4.39 Å². The van der Waals surface area contributed by atoms with Gasteiger partial charge in [0.25, 0.3) is 17.9 Å². The van der Waals surface area contributed by atoms with Crippen LogP contribution in [0.4, 0.5) is 23.2 Å². The fourth-order valence-corrected chi connectivity index (χ4v) is 4.49. The molecule has 0 unspecified atom stereocenters. The van der Waals surface area contributed by atoms with E-state index in [1.165, 1.54) is 16.6 Å². The summed E-state index contributed by atoms with van der Waals surface area (Å²) in [6.45, 7) is 3.06. The number of amides is 1. The number of carbonyl (C=O) groups is 1. The fourth-order valence-electron chi connectivity index (χ4n) is 4.49. The van der Waals surface area contributed by atoms with Crippen molar-refractivity contribution in [2.45, 2.75) is 19.9 Å². The van der Waals surface area contributed by atoms with Gasteiger partial charge in [0.1, 0.15) is 16.7 Å². The molecule has 0 saturated carbocycles. The van der Waals surface area contributed by atoms with Crippen molar-refractivity contribution < 1.29 is 22.4 Å². The number of nitrogens with zero attached hydrogens (tertiary/aromatic N) is 5. The Balaban J connectivity index is 1.27. The lowest BCUT2D eigenvalue weighted by Crippen LogP contribution is -2.46. The smallest absolute Gasteiger partial charge is 0.274 e. The van der Waals surface area contributed by atoms with Crippen LogP contribution in [-0.4, -0.2) is 69.5 Å². The molecular formula is C24H23F4N7O2. The van der Waals surface area contributed by atoms with E-state index in [0.717, 1.165) is 0 Å².